The molecule has 0 spiro atoms. The van der Waals surface area contributed by atoms with Crippen LogP contribution < -0.4 is 4.72 Å². The lowest BCUT2D eigenvalue weighted by atomic mass is 9.99. The first-order valence-corrected chi connectivity index (χ1v) is 9.60. The first-order valence-electron chi connectivity index (χ1n) is 7.68. The van der Waals surface area contributed by atoms with E-state index in [1.165, 1.54) is 12.1 Å². The van der Waals surface area contributed by atoms with Gasteiger partial charge in [-0.15, -0.1) is 0 Å². The van der Waals surface area contributed by atoms with Gasteiger partial charge < -0.3 is 9.47 Å². The molecule has 0 aromatic heterocycles. The molecule has 0 amide bonds. The van der Waals surface area contributed by atoms with E-state index in [1.807, 2.05) is 0 Å². The zero-order valence-corrected chi connectivity index (χ0v) is 15.4. The van der Waals surface area contributed by atoms with Crippen molar-refractivity contribution < 1.29 is 31.9 Å². The fraction of sp³-hybridized carbons (Fsp3) is 0.375. The number of ether oxygens (including phenoxy) is 2. The third-order valence-corrected chi connectivity index (χ3v) is 5.68. The highest BCUT2D eigenvalue weighted by Gasteiger charge is 2.35. The van der Waals surface area contributed by atoms with Crippen LogP contribution in [-0.4, -0.2) is 32.4 Å². The topological polar surface area (TPSA) is 98.8 Å². The molecule has 0 radical (unpaired) electrons. The van der Waals surface area contributed by atoms with E-state index in [0.717, 1.165) is 19.1 Å². The summed E-state index contributed by atoms with van der Waals surface area (Å²) in [5.74, 6) is -2.12. The average Bonchev–Trinajstić information content (AvgIpc) is 2.57. The summed E-state index contributed by atoms with van der Waals surface area (Å²) in [7, 11) is -4.04. The van der Waals surface area contributed by atoms with Crippen LogP contribution in [0.5, 0.6) is 0 Å². The minimum atomic E-state index is -4.04. The summed E-state index contributed by atoms with van der Waals surface area (Å²) in [4.78, 5) is 22.9. The molecule has 0 unspecified atom stereocenters. The molecule has 1 aromatic carbocycles. The van der Waals surface area contributed by atoms with Crippen LogP contribution in [0.25, 0.3) is 0 Å². The van der Waals surface area contributed by atoms with Crippen molar-refractivity contribution in [3.8, 4) is 0 Å². The van der Waals surface area contributed by atoms with E-state index in [2.05, 4.69) is 9.46 Å². The first-order chi connectivity index (χ1) is 12.2. The van der Waals surface area contributed by atoms with Crippen molar-refractivity contribution in [1.82, 2.24) is 0 Å². The van der Waals surface area contributed by atoms with E-state index in [1.54, 1.807) is 0 Å². The van der Waals surface area contributed by atoms with Gasteiger partial charge in [-0.3, -0.25) is 9.52 Å². The second-order valence-corrected chi connectivity index (χ2v) is 7.81. The highest BCUT2D eigenvalue weighted by molar-refractivity contribution is 7.93. The van der Waals surface area contributed by atoms with Gasteiger partial charge in [0.1, 0.15) is 11.1 Å². The molecule has 142 valence electrons. The maximum Gasteiger partial charge on any atom is 0.337 e. The SMILES string of the molecule is CC(=O)OCOC(=O)C1=CCCC[C@H]1S(=O)(=O)Nc1ccc(F)cc1Cl. The first kappa shape index (κ1) is 20.2. The van der Waals surface area contributed by atoms with Crippen LogP contribution in [0.4, 0.5) is 10.1 Å². The molecule has 0 fully saturated rings. The Bertz CT molecular complexity index is 839. The van der Waals surface area contributed by atoms with Crippen molar-refractivity contribution in [2.45, 2.75) is 31.4 Å². The Balaban J connectivity index is 2.17. The summed E-state index contributed by atoms with van der Waals surface area (Å²) in [5, 5.41) is -1.27. The van der Waals surface area contributed by atoms with E-state index in [9.17, 15) is 22.4 Å². The summed E-state index contributed by atoms with van der Waals surface area (Å²) in [6.07, 6.45) is 2.75. The van der Waals surface area contributed by atoms with Crippen molar-refractivity contribution in [3.05, 3.63) is 40.7 Å². The van der Waals surface area contributed by atoms with Gasteiger partial charge in [0.05, 0.1) is 16.3 Å². The third-order valence-electron chi connectivity index (χ3n) is 3.63. The molecule has 10 heteroatoms. The molecule has 0 bridgehead atoms. The van der Waals surface area contributed by atoms with Crippen LogP contribution in [0, 0.1) is 5.82 Å². The Morgan fingerprint density at radius 2 is 2.08 bits per heavy atom. The molecule has 1 N–H and O–H groups in total. The zero-order chi connectivity index (χ0) is 19.3. The van der Waals surface area contributed by atoms with Gasteiger partial charge in [-0.2, -0.15) is 0 Å². The maximum absolute atomic E-state index is 13.1. The van der Waals surface area contributed by atoms with E-state index in [-0.39, 0.29) is 22.7 Å². The van der Waals surface area contributed by atoms with Crippen molar-refractivity contribution in [2.75, 3.05) is 11.5 Å². The number of carbonyl (C=O) groups excluding carboxylic acids is 2. The van der Waals surface area contributed by atoms with Crippen LogP contribution in [0.2, 0.25) is 5.02 Å². The molecule has 1 aliphatic rings. The smallest absolute Gasteiger partial charge is 0.337 e. The van der Waals surface area contributed by atoms with Gasteiger partial charge in [-0.05, 0) is 37.5 Å². The maximum atomic E-state index is 13.1. The van der Waals surface area contributed by atoms with E-state index in [0.29, 0.717) is 12.8 Å². The summed E-state index contributed by atoms with van der Waals surface area (Å²) in [5.41, 5.74) is -0.0413. The number of sulfonamides is 1. The monoisotopic (exact) mass is 405 g/mol. The molecule has 0 aliphatic heterocycles. The lowest BCUT2D eigenvalue weighted by Crippen LogP contribution is -2.35. The van der Waals surface area contributed by atoms with Crippen LogP contribution in [0.1, 0.15) is 26.2 Å². The van der Waals surface area contributed by atoms with Crippen LogP contribution in [0.15, 0.2) is 29.8 Å². The fourth-order valence-corrected chi connectivity index (χ4v) is 4.33. The van der Waals surface area contributed by atoms with Gasteiger partial charge in [-0.25, -0.2) is 17.6 Å². The number of carbonyl (C=O) groups is 2. The van der Waals surface area contributed by atoms with Gasteiger partial charge in [-0.1, -0.05) is 17.7 Å². The molecule has 1 aliphatic carbocycles. The van der Waals surface area contributed by atoms with Crippen molar-refractivity contribution in [2.24, 2.45) is 0 Å². The molecular weight excluding hydrogens is 389 g/mol. The highest BCUT2D eigenvalue weighted by Crippen LogP contribution is 2.30. The van der Waals surface area contributed by atoms with Gasteiger partial charge in [0.15, 0.2) is 0 Å². The van der Waals surface area contributed by atoms with E-state index >= 15 is 0 Å². The number of esters is 2. The number of nitrogens with one attached hydrogen (secondary N) is 1. The average molecular weight is 406 g/mol. The Morgan fingerprint density at radius 3 is 2.73 bits per heavy atom. The summed E-state index contributed by atoms with van der Waals surface area (Å²) >= 11 is 5.85. The summed E-state index contributed by atoms with van der Waals surface area (Å²) < 4.78 is 50.1. The molecule has 0 saturated heterocycles. The quantitative estimate of drug-likeness (QED) is 0.577. The van der Waals surface area contributed by atoms with Crippen LogP contribution in [0.3, 0.4) is 0 Å². The van der Waals surface area contributed by atoms with Crippen molar-refractivity contribution in [1.29, 1.82) is 0 Å². The van der Waals surface area contributed by atoms with Gasteiger partial charge in [0.25, 0.3) is 0 Å². The van der Waals surface area contributed by atoms with Gasteiger partial charge in [0, 0.05) is 6.92 Å². The second kappa shape index (κ2) is 8.50. The normalized spacial score (nSPS) is 17.2. The summed E-state index contributed by atoms with van der Waals surface area (Å²) in [6, 6.07) is 3.24. The Morgan fingerprint density at radius 1 is 1.35 bits per heavy atom. The number of allylic oxidation sites excluding steroid dienone is 1. The van der Waals surface area contributed by atoms with Gasteiger partial charge in [0.2, 0.25) is 16.8 Å². The van der Waals surface area contributed by atoms with Gasteiger partial charge >= 0.3 is 11.9 Å². The Hall–Kier alpha value is -2.13. The lowest BCUT2D eigenvalue weighted by molar-refractivity contribution is -0.163. The Kier molecular flexibility index (Phi) is 6.60. The van der Waals surface area contributed by atoms with Crippen molar-refractivity contribution >= 4 is 39.3 Å². The third kappa shape index (κ3) is 5.18. The number of hydrogen-bond acceptors (Lipinski definition) is 6. The van der Waals surface area contributed by atoms with Crippen molar-refractivity contribution in [3.63, 3.8) is 0 Å². The lowest BCUT2D eigenvalue weighted by Gasteiger charge is -2.24. The van der Waals surface area contributed by atoms with E-state index in [4.69, 9.17) is 16.3 Å². The van der Waals surface area contributed by atoms with Crippen LogP contribution in [-0.2, 0) is 29.1 Å². The number of rotatable bonds is 6. The number of halogens is 2. The molecule has 0 heterocycles. The second-order valence-electron chi connectivity index (χ2n) is 5.54. The summed E-state index contributed by atoms with van der Waals surface area (Å²) in [6.45, 7) is 0.548. The molecule has 2 rings (SSSR count). The Labute approximate surface area is 155 Å². The standard InChI is InChI=1S/C16H17ClFNO6S/c1-10(20)24-9-25-16(21)12-4-2-3-5-15(12)26(22,23)19-14-7-6-11(18)8-13(14)17/h4,6-8,15,19H,2-3,5,9H2,1H3/t15-/m1/s1. The molecule has 1 atom stereocenters. The molecule has 1 aromatic rings. The number of benzene rings is 1. The minimum Gasteiger partial charge on any atom is -0.428 e. The predicted molar refractivity (Wildman–Crippen MR) is 92.4 cm³/mol. The molecular formula is C16H17ClFNO6S. The zero-order valence-electron chi connectivity index (χ0n) is 13.8. The number of anilines is 1. The van der Waals surface area contributed by atoms with E-state index < -0.39 is 39.8 Å². The number of hydrogen-bond donors (Lipinski definition) is 1. The minimum absolute atomic E-state index is 0.00581. The van der Waals surface area contributed by atoms with Crippen LogP contribution >= 0.6 is 11.6 Å². The highest BCUT2D eigenvalue weighted by atomic mass is 35.5. The fourth-order valence-electron chi connectivity index (χ4n) is 2.43. The molecule has 0 saturated carbocycles. The molecule has 7 nitrogen and oxygen atoms in total. The predicted octanol–water partition coefficient (Wildman–Crippen LogP) is 2.76. The largest absolute Gasteiger partial charge is 0.428 e. The molecule has 26 heavy (non-hydrogen) atoms.